The third-order valence-corrected chi connectivity index (χ3v) is 5.94. The van der Waals surface area contributed by atoms with Crippen LogP contribution < -0.4 is 15.1 Å². The minimum Gasteiger partial charge on any atom is -0.504 e. The van der Waals surface area contributed by atoms with E-state index in [2.05, 4.69) is 10.2 Å². The Hall–Kier alpha value is -3.72. The number of amides is 1. The summed E-state index contributed by atoms with van der Waals surface area (Å²) in [4.78, 5) is 28.3. The molecule has 1 aliphatic rings. The van der Waals surface area contributed by atoms with Gasteiger partial charge in [-0.25, -0.2) is 0 Å². The van der Waals surface area contributed by atoms with E-state index in [0.717, 1.165) is 0 Å². The van der Waals surface area contributed by atoms with E-state index in [9.17, 15) is 14.7 Å². The number of phenols is 1. The smallest absolute Gasteiger partial charge is 0.297 e. The van der Waals surface area contributed by atoms with Gasteiger partial charge in [0.25, 0.3) is 5.91 Å². The van der Waals surface area contributed by atoms with Crippen LogP contribution in [0.4, 0.5) is 5.13 Å². The van der Waals surface area contributed by atoms with Gasteiger partial charge in [-0.2, -0.15) is 0 Å². The average Bonchev–Trinajstić information content (AvgIpc) is 3.31. The van der Waals surface area contributed by atoms with Gasteiger partial charge in [0, 0.05) is 0 Å². The molecule has 31 heavy (non-hydrogen) atoms. The molecule has 5 rings (SSSR count). The Kier molecular flexibility index (Phi) is 4.48. The van der Waals surface area contributed by atoms with Crippen LogP contribution in [-0.4, -0.2) is 27.8 Å². The molecule has 1 amide bonds. The Morgan fingerprint density at radius 1 is 1.19 bits per heavy atom. The van der Waals surface area contributed by atoms with Crippen LogP contribution in [-0.2, 0) is 0 Å². The van der Waals surface area contributed by atoms with Gasteiger partial charge in [0.05, 0.1) is 23.6 Å². The maximum absolute atomic E-state index is 13.5. The normalized spacial score (nSPS) is 15.5. The molecule has 3 heterocycles. The molecule has 0 spiro atoms. The number of ether oxygens (including phenoxy) is 1. The first kappa shape index (κ1) is 19.3. The highest BCUT2D eigenvalue weighted by atomic mass is 32.1. The number of hydrogen-bond acceptors (Lipinski definition) is 8. The van der Waals surface area contributed by atoms with Gasteiger partial charge in [0.1, 0.15) is 10.6 Å². The molecule has 1 unspecified atom stereocenters. The number of para-hydroxylation sites is 1. The molecule has 1 N–H and O–H groups in total. The van der Waals surface area contributed by atoms with Crippen molar-refractivity contribution in [1.82, 2.24) is 10.2 Å². The summed E-state index contributed by atoms with van der Waals surface area (Å²) in [7, 11) is 0. The summed E-state index contributed by atoms with van der Waals surface area (Å²) in [5, 5.41) is 19.7. The first-order chi connectivity index (χ1) is 15.0. The molecule has 0 saturated heterocycles. The van der Waals surface area contributed by atoms with Gasteiger partial charge in [-0.1, -0.05) is 29.5 Å². The predicted octanol–water partition coefficient (Wildman–Crippen LogP) is 3.81. The Bertz CT molecular complexity index is 1390. The fraction of sp³-hybridized carbons (Fsp3) is 0.182. The Morgan fingerprint density at radius 3 is 2.74 bits per heavy atom. The molecule has 0 saturated carbocycles. The van der Waals surface area contributed by atoms with Crippen molar-refractivity contribution in [3.63, 3.8) is 0 Å². The number of nitrogens with zero attached hydrogens (tertiary/aromatic N) is 3. The third-order valence-electron chi connectivity index (χ3n) is 5.10. The molecule has 4 aromatic rings. The molecule has 0 aliphatic carbocycles. The zero-order valence-electron chi connectivity index (χ0n) is 16.7. The SMILES string of the molecule is CCOc1cc(C2c3c(oc4ccccc4c3=O)C(=O)N2c2nnc(C)s2)ccc1O. The number of aryl methyl sites for hydroxylation is 1. The van der Waals surface area contributed by atoms with Gasteiger partial charge in [0.15, 0.2) is 16.9 Å². The highest BCUT2D eigenvalue weighted by Crippen LogP contribution is 2.43. The molecule has 9 heteroatoms. The number of carbonyl (C=O) groups excluding carboxylic acids is 1. The first-order valence-corrected chi connectivity index (χ1v) is 10.5. The van der Waals surface area contributed by atoms with Crippen molar-refractivity contribution in [2.45, 2.75) is 19.9 Å². The van der Waals surface area contributed by atoms with Gasteiger partial charge in [-0.15, -0.1) is 10.2 Å². The van der Waals surface area contributed by atoms with E-state index >= 15 is 0 Å². The van der Waals surface area contributed by atoms with Crippen LogP contribution in [0.5, 0.6) is 11.5 Å². The number of carbonyl (C=O) groups is 1. The zero-order chi connectivity index (χ0) is 21.7. The van der Waals surface area contributed by atoms with Crippen molar-refractivity contribution >= 4 is 33.3 Å². The van der Waals surface area contributed by atoms with Crippen LogP contribution in [0.3, 0.4) is 0 Å². The second-order valence-corrected chi connectivity index (χ2v) is 8.17. The summed E-state index contributed by atoms with van der Waals surface area (Å²) >= 11 is 1.24. The van der Waals surface area contributed by atoms with Crippen molar-refractivity contribution in [2.75, 3.05) is 11.5 Å². The standard InChI is InChI=1S/C22H17N3O5S/c1-3-29-16-10-12(8-9-14(16)26)18-17-19(27)13-6-4-5-7-15(13)30-20(17)21(28)25(18)22-24-23-11(2)31-22/h4-10,18,26H,3H2,1-2H3. The topological polar surface area (TPSA) is 106 Å². The molecular formula is C22H17N3O5S. The molecule has 0 radical (unpaired) electrons. The lowest BCUT2D eigenvalue weighted by molar-refractivity contribution is 0.0970. The van der Waals surface area contributed by atoms with Gasteiger partial charge in [0.2, 0.25) is 10.9 Å². The average molecular weight is 435 g/mol. The first-order valence-electron chi connectivity index (χ1n) is 9.64. The van der Waals surface area contributed by atoms with E-state index in [4.69, 9.17) is 9.15 Å². The number of phenolic OH excluding ortho intramolecular Hbond substituents is 1. The highest BCUT2D eigenvalue weighted by molar-refractivity contribution is 7.15. The van der Waals surface area contributed by atoms with Gasteiger partial charge in [-0.05, 0) is 43.7 Å². The van der Waals surface area contributed by atoms with Crippen LogP contribution in [0.25, 0.3) is 11.0 Å². The lowest BCUT2D eigenvalue weighted by Gasteiger charge is -2.22. The molecular weight excluding hydrogens is 418 g/mol. The number of aromatic nitrogens is 2. The largest absolute Gasteiger partial charge is 0.504 e. The summed E-state index contributed by atoms with van der Waals surface area (Å²) in [6.45, 7) is 3.94. The monoisotopic (exact) mass is 435 g/mol. The van der Waals surface area contributed by atoms with Crippen molar-refractivity contribution < 1.29 is 19.1 Å². The van der Waals surface area contributed by atoms with Crippen LogP contribution in [0.2, 0.25) is 0 Å². The fourth-order valence-electron chi connectivity index (χ4n) is 3.79. The number of aromatic hydroxyl groups is 1. The summed E-state index contributed by atoms with van der Waals surface area (Å²) in [6, 6.07) is 10.8. The van der Waals surface area contributed by atoms with Gasteiger partial charge < -0.3 is 14.3 Å². The molecule has 0 fully saturated rings. The van der Waals surface area contributed by atoms with E-state index in [1.54, 1.807) is 50.2 Å². The quantitative estimate of drug-likeness (QED) is 0.520. The fourth-order valence-corrected chi connectivity index (χ4v) is 4.50. The number of fused-ring (bicyclic) bond motifs is 2. The lowest BCUT2D eigenvalue weighted by Crippen LogP contribution is -2.29. The van der Waals surface area contributed by atoms with Crippen molar-refractivity contribution in [1.29, 1.82) is 0 Å². The third kappa shape index (κ3) is 2.97. The highest BCUT2D eigenvalue weighted by Gasteiger charge is 2.45. The summed E-state index contributed by atoms with van der Waals surface area (Å²) in [5.74, 6) is -0.254. The predicted molar refractivity (Wildman–Crippen MR) is 115 cm³/mol. The summed E-state index contributed by atoms with van der Waals surface area (Å²) < 4.78 is 11.4. The summed E-state index contributed by atoms with van der Waals surface area (Å²) in [6.07, 6.45) is 0. The van der Waals surface area contributed by atoms with Gasteiger partial charge in [-0.3, -0.25) is 14.5 Å². The Balaban J connectivity index is 1.80. The molecule has 2 aromatic carbocycles. The Morgan fingerprint density at radius 2 is 2.00 bits per heavy atom. The van der Waals surface area contributed by atoms with E-state index in [1.807, 2.05) is 0 Å². The van der Waals surface area contributed by atoms with E-state index < -0.39 is 11.9 Å². The van der Waals surface area contributed by atoms with Crippen molar-refractivity contribution in [2.24, 2.45) is 0 Å². The minimum absolute atomic E-state index is 0.0208. The summed E-state index contributed by atoms with van der Waals surface area (Å²) in [5.41, 5.74) is 0.868. The molecule has 1 atom stereocenters. The van der Waals surface area contributed by atoms with E-state index in [-0.39, 0.29) is 28.3 Å². The van der Waals surface area contributed by atoms with Crippen LogP contribution in [0, 0.1) is 6.92 Å². The second kappa shape index (κ2) is 7.21. The van der Waals surface area contributed by atoms with E-state index in [0.29, 0.717) is 33.3 Å². The molecule has 2 aromatic heterocycles. The number of rotatable bonds is 4. The molecule has 156 valence electrons. The zero-order valence-corrected chi connectivity index (χ0v) is 17.5. The second-order valence-electron chi connectivity index (χ2n) is 7.01. The molecule has 1 aliphatic heterocycles. The van der Waals surface area contributed by atoms with Crippen LogP contribution in [0.1, 0.15) is 39.7 Å². The molecule has 8 nitrogen and oxygen atoms in total. The van der Waals surface area contributed by atoms with Crippen molar-refractivity contribution in [3.8, 4) is 11.5 Å². The number of hydrogen-bond donors (Lipinski definition) is 1. The molecule has 0 bridgehead atoms. The minimum atomic E-state index is -0.796. The maximum Gasteiger partial charge on any atom is 0.297 e. The van der Waals surface area contributed by atoms with Gasteiger partial charge >= 0.3 is 0 Å². The van der Waals surface area contributed by atoms with Crippen molar-refractivity contribution in [3.05, 3.63) is 74.6 Å². The van der Waals surface area contributed by atoms with Crippen LogP contribution in [0.15, 0.2) is 51.7 Å². The lowest BCUT2D eigenvalue weighted by atomic mass is 9.98. The number of benzene rings is 2. The van der Waals surface area contributed by atoms with E-state index in [1.165, 1.54) is 22.3 Å². The Labute approximate surface area is 180 Å². The van der Waals surface area contributed by atoms with Crippen LogP contribution >= 0.6 is 11.3 Å². The maximum atomic E-state index is 13.5. The number of anilines is 1.